The molecule has 0 atom stereocenters. The van der Waals surface area contributed by atoms with Crippen LogP contribution in [0.5, 0.6) is 0 Å². The standard InChI is InChI=1S/C19H19N3O4S/c1-26-12-11-21-27(24,25)16-8-2-6-15(13-16)19(23)22-17-9-3-5-14-7-4-10-20-18(14)17/h2-10,13,21H,11-12H2,1H3,(H,22,23). The lowest BCUT2D eigenvalue weighted by Gasteiger charge is -2.10. The van der Waals surface area contributed by atoms with Crippen molar-refractivity contribution in [2.75, 3.05) is 25.6 Å². The van der Waals surface area contributed by atoms with E-state index in [0.29, 0.717) is 11.2 Å². The minimum absolute atomic E-state index is 0.0160. The van der Waals surface area contributed by atoms with Gasteiger partial charge < -0.3 is 10.1 Å². The number of nitrogens with one attached hydrogen (secondary N) is 2. The third-order valence-corrected chi connectivity index (χ3v) is 5.34. The van der Waals surface area contributed by atoms with E-state index in [1.165, 1.54) is 25.3 Å². The van der Waals surface area contributed by atoms with Gasteiger partial charge in [0.1, 0.15) is 0 Å². The number of aromatic nitrogens is 1. The highest BCUT2D eigenvalue weighted by Gasteiger charge is 2.16. The van der Waals surface area contributed by atoms with Crippen molar-refractivity contribution in [2.45, 2.75) is 4.90 Å². The first-order valence-corrected chi connectivity index (χ1v) is 9.73. The van der Waals surface area contributed by atoms with Crippen LogP contribution in [0, 0.1) is 0 Å². The van der Waals surface area contributed by atoms with E-state index in [1.54, 1.807) is 18.3 Å². The van der Waals surface area contributed by atoms with Crippen LogP contribution in [0.25, 0.3) is 10.9 Å². The highest BCUT2D eigenvalue weighted by Crippen LogP contribution is 2.21. The summed E-state index contributed by atoms with van der Waals surface area (Å²) in [6, 6.07) is 15.0. The Morgan fingerprint density at radius 2 is 1.89 bits per heavy atom. The number of hydrogen-bond acceptors (Lipinski definition) is 5. The molecule has 8 heteroatoms. The van der Waals surface area contributed by atoms with Crippen molar-refractivity contribution in [3.8, 4) is 0 Å². The Morgan fingerprint density at radius 1 is 1.11 bits per heavy atom. The van der Waals surface area contributed by atoms with E-state index in [-0.39, 0.29) is 23.6 Å². The molecule has 0 saturated carbocycles. The molecule has 7 nitrogen and oxygen atoms in total. The number of methoxy groups -OCH3 is 1. The van der Waals surface area contributed by atoms with Gasteiger partial charge in [0.2, 0.25) is 10.0 Å². The molecule has 0 aliphatic rings. The molecular weight excluding hydrogens is 366 g/mol. The second-order valence-electron chi connectivity index (χ2n) is 5.75. The van der Waals surface area contributed by atoms with E-state index in [1.807, 2.05) is 24.3 Å². The minimum Gasteiger partial charge on any atom is -0.383 e. The lowest BCUT2D eigenvalue weighted by molar-refractivity contribution is 0.102. The summed E-state index contributed by atoms with van der Waals surface area (Å²) < 4.78 is 31.9. The van der Waals surface area contributed by atoms with E-state index in [4.69, 9.17) is 4.74 Å². The maximum Gasteiger partial charge on any atom is 0.255 e. The molecule has 3 rings (SSSR count). The maximum absolute atomic E-state index is 12.6. The Bertz CT molecular complexity index is 1060. The Hall–Kier alpha value is -2.81. The summed E-state index contributed by atoms with van der Waals surface area (Å²) in [7, 11) is -2.23. The van der Waals surface area contributed by atoms with Crippen LogP contribution in [-0.2, 0) is 14.8 Å². The molecule has 3 aromatic rings. The Kier molecular flexibility index (Phi) is 5.80. The summed E-state index contributed by atoms with van der Waals surface area (Å²) in [5.74, 6) is -0.415. The van der Waals surface area contributed by atoms with Crippen molar-refractivity contribution < 1.29 is 17.9 Å². The van der Waals surface area contributed by atoms with Gasteiger partial charge in [-0.3, -0.25) is 9.78 Å². The molecule has 0 bridgehead atoms. The molecule has 0 radical (unpaired) electrons. The van der Waals surface area contributed by atoms with Gasteiger partial charge in [0.05, 0.1) is 22.7 Å². The van der Waals surface area contributed by atoms with Crippen LogP contribution in [0.1, 0.15) is 10.4 Å². The zero-order valence-electron chi connectivity index (χ0n) is 14.7. The number of nitrogens with zero attached hydrogens (tertiary/aromatic N) is 1. The number of sulfonamides is 1. The molecule has 0 fully saturated rings. The van der Waals surface area contributed by atoms with Crippen molar-refractivity contribution in [1.29, 1.82) is 0 Å². The summed E-state index contributed by atoms with van der Waals surface area (Å²) in [5, 5.41) is 3.69. The summed E-state index contributed by atoms with van der Waals surface area (Å²) in [5.41, 5.74) is 1.46. The number of anilines is 1. The summed E-state index contributed by atoms with van der Waals surface area (Å²) in [6.07, 6.45) is 1.65. The highest BCUT2D eigenvalue weighted by molar-refractivity contribution is 7.89. The first-order valence-electron chi connectivity index (χ1n) is 8.25. The number of fused-ring (bicyclic) bond motifs is 1. The molecule has 1 amide bonds. The number of ether oxygens (including phenoxy) is 1. The molecule has 0 saturated heterocycles. The average Bonchev–Trinajstić information content (AvgIpc) is 2.68. The third-order valence-electron chi connectivity index (χ3n) is 3.89. The molecule has 1 aromatic heterocycles. The van der Waals surface area contributed by atoms with Gasteiger partial charge >= 0.3 is 0 Å². The molecule has 2 N–H and O–H groups in total. The second-order valence-corrected chi connectivity index (χ2v) is 7.52. The fourth-order valence-corrected chi connectivity index (χ4v) is 3.62. The van der Waals surface area contributed by atoms with Gasteiger partial charge in [-0.2, -0.15) is 0 Å². The van der Waals surface area contributed by atoms with E-state index >= 15 is 0 Å². The molecule has 140 valence electrons. The molecule has 0 unspecified atom stereocenters. The summed E-state index contributed by atoms with van der Waals surface area (Å²) in [6.45, 7) is 0.407. The number of rotatable bonds is 7. The van der Waals surface area contributed by atoms with Gasteiger partial charge in [-0.05, 0) is 30.3 Å². The fourth-order valence-electron chi connectivity index (χ4n) is 2.57. The zero-order chi connectivity index (χ0) is 19.3. The summed E-state index contributed by atoms with van der Waals surface area (Å²) in [4.78, 5) is 16.9. The van der Waals surface area contributed by atoms with Crippen LogP contribution < -0.4 is 10.0 Å². The molecule has 0 aliphatic carbocycles. The second kappa shape index (κ2) is 8.26. The fraction of sp³-hybridized carbons (Fsp3) is 0.158. The van der Waals surface area contributed by atoms with Gasteiger partial charge in [0, 0.05) is 30.8 Å². The Morgan fingerprint density at radius 3 is 2.70 bits per heavy atom. The predicted molar refractivity (Wildman–Crippen MR) is 103 cm³/mol. The topological polar surface area (TPSA) is 97.4 Å². The first kappa shape index (κ1) is 19.0. The maximum atomic E-state index is 12.6. The van der Waals surface area contributed by atoms with Crippen LogP contribution in [0.3, 0.4) is 0 Å². The van der Waals surface area contributed by atoms with Gasteiger partial charge in [0.25, 0.3) is 5.91 Å². The number of carbonyl (C=O) groups excluding carboxylic acids is 1. The number of pyridine rings is 1. The number of amides is 1. The van der Waals surface area contributed by atoms with Crippen LogP contribution in [0.4, 0.5) is 5.69 Å². The van der Waals surface area contributed by atoms with Crippen LogP contribution >= 0.6 is 0 Å². The average molecular weight is 385 g/mol. The lowest BCUT2D eigenvalue weighted by atomic mass is 10.1. The zero-order valence-corrected chi connectivity index (χ0v) is 15.5. The number of benzene rings is 2. The molecule has 2 aromatic carbocycles. The van der Waals surface area contributed by atoms with Crippen molar-refractivity contribution >= 4 is 32.5 Å². The van der Waals surface area contributed by atoms with Crippen LogP contribution in [0.2, 0.25) is 0 Å². The Balaban J connectivity index is 1.83. The van der Waals surface area contributed by atoms with Crippen LogP contribution in [-0.4, -0.2) is 39.6 Å². The van der Waals surface area contributed by atoms with E-state index in [9.17, 15) is 13.2 Å². The smallest absolute Gasteiger partial charge is 0.255 e. The van der Waals surface area contributed by atoms with Crippen molar-refractivity contribution in [3.05, 3.63) is 66.4 Å². The van der Waals surface area contributed by atoms with Crippen molar-refractivity contribution in [2.24, 2.45) is 0 Å². The van der Waals surface area contributed by atoms with Crippen molar-refractivity contribution in [1.82, 2.24) is 9.71 Å². The molecule has 0 spiro atoms. The monoisotopic (exact) mass is 385 g/mol. The van der Waals surface area contributed by atoms with E-state index in [0.717, 1.165) is 5.39 Å². The Labute approximate surface area is 157 Å². The van der Waals surface area contributed by atoms with Gasteiger partial charge in [0.15, 0.2) is 0 Å². The predicted octanol–water partition coefficient (Wildman–Crippen LogP) is 2.41. The van der Waals surface area contributed by atoms with Gasteiger partial charge in [-0.25, -0.2) is 13.1 Å². The first-order chi connectivity index (χ1) is 13.0. The molecule has 1 heterocycles. The van der Waals surface area contributed by atoms with E-state index in [2.05, 4.69) is 15.0 Å². The van der Waals surface area contributed by atoms with Gasteiger partial charge in [-0.1, -0.05) is 24.3 Å². The number of hydrogen-bond donors (Lipinski definition) is 2. The third kappa shape index (κ3) is 4.48. The molecular formula is C19H19N3O4S. The van der Waals surface area contributed by atoms with Crippen molar-refractivity contribution in [3.63, 3.8) is 0 Å². The van der Waals surface area contributed by atoms with Gasteiger partial charge in [-0.15, -0.1) is 0 Å². The SMILES string of the molecule is COCCNS(=O)(=O)c1cccc(C(=O)Nc2cccc3cccnc23)c1. The molecule has 0 aliphatic heterocycles. The largest absolute Gasteiger partial charge is 0.383 e. The van der Waals surface area contributed by atoms with Crippen LogP contribution in [0.15, 0.2) is 65.7 Å². The summed E-state index contributed by atoms with van der Waals surface area (Å²) >= 11 is 0. The molecule has 27 heavy (non-hydrogen) atoms. The van der Waals surface area contributed by atoms with E-state index < -0.39 is 15.9 Å². The lowest BCUT2D eigenvalue weighted by Crippen LogP contribution is -2.27. The number of carbonyl (C=O) groups is 1. The highest BCUT2D eigenvalue weighted by atomic mass is 32.2. The normalized spacial score (nSPS) is 11.4. The quantitative estimate of drug-likeness (QED) is 0.609. The minimum atomic E-state index is -3.72. The number of para-hydroxylation sites is 1.